The molecule has 1 aliphatic heterocycles. The van der Waals surface area contributed by atoms with E-state index in [4.69, 9.17) is 11.6 Å². The van der Waals surface area contributed by atoms with Crippen molar-refractivity contribution < 1.29 is 9.18 Å². The zero-order chi connectivity index (χ0) is 21.5. The lowest BCUT2D eigenvalue weighted by atomic mass is 10.2. The Morgan fingerprint density at radius 2 is 1.81 bits per heavy atom. The van der Waals surface area contributed by atoms with E-state index in [1.807, 2.05) is 46.8 Å². The molecular formula is C22H19ClFN5OS. The van der Waals surface area contributed by atoms with Crippen molar-refractivity contribution in [1.29, 1.82) is 0 Å². The predicted octanol–water partition coefficient (Wildman–Crippen LogP) is 4.55. The maximum Gasteiger partial charge on any atom is 0.264 e. The number of hydrogen-bond acceptors (Lipinski definition) is 5. The lowest BCUT2D eigenvalue weighted by molar-refractivity contribution is 0.0751. The smallest absolute Gasteiger partial charge is 0.264 e. The average molecular weight is 456 g/mol. The number of carbonyl (C=O) groups excluding carboxylic acids is 1. The number of nitrogens with zero attached hydrogens (tertiary/aromatic N) is 5. The SMILES string of the molecule is Cc1nn(-c2ccc(Cl)cc2)c2sc(C(=O)N3CCN(c4ccnc(F)c4)CC3)cc12. The molecule has 0 aliphatic carbocycles. The summed E-state index contributed by atoms with van der Waals surface area (Å²) in [6.07, 6.45) is 1.46. The van der Waals surface area contributed by atoms with Gasteiger partial charge >= 0.3 is 0 Å². The summed E-state index contributed by atoms with van der Waals surface area (Å²) < 4.78 is 15.3. The topological polar surface area (TPSA) is 54.3 Å². The number of piperazine rings is 1. The number of halogens is 2. The molecule has 1 aromatic carbocycles. The Labute approximate surface area is 187 Å². The largest absolute Gasteiger partial charge is 0.368 e. The molecule has 4 aromatic rings. The molecule has 1 aliphatic rings. The Morgan fingerprint density at radius 1 is 1.06 bits per heavy atom. The van der Waals surface area contributed by atoms with Crippen molar-refractivity contribution >= 4 is 44.7 Å². The van der Waals surface area contributed by atoms with Crippen molar-refractivity contribution in [3.8, 4) is 5.69 Å². The fourth-order valence-corrected chi connectivity index (χ4v) is 5.10. The zero-order valence-electron chi connectivity index (χ0n) is 16.8. The third-order valence-corrected chi connectivity index (χ3v) is 6.82. The number of pyridine rings is 1. The van der Waals surface area contributed by atoms with E-state index in [1.54, 1.807) is 6.07 Å². The maximum atomic E-state index is 13.4. The van der Waals surface area contributed by atoms with Crippen molar-refractivity contribution in [2.24, 2.45) is 0 Å². The molecule has 0 radical (unpaired) electrons. The summed E-state index contributed by atoms with van der Waals surface area (Å²) in [5, 5.41) is 6.28. The Hall–Kier alpha value is -2.97. The molecule has 6 nitrogen and oxygen atoms in total. The number of amides is 1. The number of anilines is 1. The number of aryl methyl sites for hydroxylation is 1. The van der Waals surface area contributed by atoms with Gasteiger partial charge in [-0.15, -0.1) is 11.3 Å². The molecule has 0 saturated carbocycles. The number of carbonyl (C=O) groups is 1. The fourth-order valence-electron chi connectivity index (χ4n) is 3.82. The van der Waals surface area contributed by atoms with E-state index in [0.717, 1.165) is 27.3 Å². The second-order valence-electron chi connectivity index (χ2n) is 7.42. The third kappa shape index (κ3) is 3.77. The van der Waals surface area contributed by atoms with Crippen LogP contribution in [0.2, 0.25) is 5.02 Å². The number of fused-ring (bicyclic) bond motifs is 1. The minimum absolute atomic E-state index is 0.0174. The first-order chi connectivity index (χ1) is 15.0. The normalized spacial score (nSPS) is 14.4. The lowest BCUT2D eigenvalue weighted by Crippen LogP contribution is -2.48. The molecule has 4 heterocycles. The molecule has 0 atom stereocenters. The molecule has 9 heteroatoms. The Morgan fingerprint density at radius 3 is 2.52 bits per heavy atom. The molecule has 0 spiro atoms. The van der Waals surface area contributed by atoms with Crippen LogP contribution in [0.1, 0.15) is 15.4 Å². The van der Waals surface area contributed by atoms with Gasteiger partial charge < -0.3 is 9.80 Å². The van der Waals surface area contributed by atoms with Crippen LogP contribution in [0.3, 0.4) is 0 Å². The van der Waals surface area contributed by atoms with Crippen molar-refractivity contribution in [3.63, 3.8) is 0 Å². The Kier molecular flexibility index (Phi) is 5.11. The van der Waals surface area contributed by atoms with Gasteiger partial charge in [-0.2, -0.15) is 9.49 Å². The lowest BCUT2D eigenvalue weighted by Gasteiger charge is -2.35. The molecular weight excluding hydrogens is 437 g/mol. The molecule has 0 bridgehead atoms. The van der Waals surface area contributed by atoms with Crippen LogP contribution in [-0.2, 0) is 0 Å². The highest BCUT2D eigenvalue weighted by Crippen LogP contribution is 2.31. The summed E-state index contributed by atoms with van der Waals surface area (Å²) >= 11 is 7.46. The van der Waals surface area contributed by atoms with E-state index in [-0.39, 0.29) is 5.91 Å². The number of thiophene rings is 1. The van der Waals surface area contributed by atoms with Gasteiger partial charge in [0.15, 0.2) is 0 Å². The van der Waals surface area contributed by atoms with Crippen LogP contribution in [0.4, 0.5) is 10.1 Å². The third-order valence-electron chi connectivity index (χ3n) is 5.47. The van der Waals surface area contributed by atoms with Crippen LogP contribution in [-0.4, -0.2) is 51.8 Å². The maximum absolute atomic E-state index is 13.4. The summed E-state index contributed by atoms with van der Waals surface area (Å²) in [7, 11) is 0. The average Bonchev–Trinajstić information content (AvgIpc) is 3.35. The molecule has 1 fully saturated rings. The van der Waals surface area contributed by atoms with Crippen molar-refractivity contribution in [3.05, 3.63) is 70.2 Å². The number of rotatable bonds is 3. The van der Waals surface area contributed by atoms with E-state index in [9.17, 15) is 9.18 Å². The van der Waals surface area contributed by atoms with Gasteiger partial charge in [0, 0.05) is 54.5 Å². The van der Waals surface area contributed by atoms with Crippen molar-refractivity contribution in [1.82, 2.24) is 19.7 Å². The van der Waals surface area contributed by atoms with Crippen molar-refractivity contribution in [2.75, 3.05) is 31.1 Å². The summed E-state index contributed by atoms with van der Waals surface area (Å²) in [5.41, 5.74) is 2.58. The fraction of sp³-hybridized carbons (Fsp3) is 0.227. The highest BCUT2D eigenvalue weighted by Gasteiger charge is 2.25. The van der Waals surface area contributed by atoms with E-state index in [1.165, 1.54) is 23.6 Å². The summed E-state index contributed by atoms with van der Waals surface area (Å²) in [5.74, 6) is -0.477. The van der Waals surface area contributed by atoms with E-state index in [2.05, 4.69) is 15.0 Å². The number of aromatic nitrogens is 3. The van der Waals surface area contributed by atoms with Crippen LogP contribution in [0, 0.1) is 12.9 Å². The first-order valence-corrected chi connectivity index (χ1v) is 11.1. The Bertz CT molecular complexity index is 1260. The van der Waals surface area contributed by atoms with Gasteiger partial charge in [-0.1, -0.05) is 11.6 Å². The summed E-state index contributed by atoms with van der Waals surface area (Å²) in [6, 6.07) is 12.6. The van der Waals surface area contributed by atoms with E-state index >= 15 is 0 Å². The minimum Gasteiger partial charge on any atom is -0.368 e. The molecule has 0 N–H and O–H groups in total. The molecule has 5 rings (SSSR count). The Balaban J connectivity index is 1.36. The second-order valence-corrected chi connectivity index (χ2v) is 8.89. The highest BCUT2D eigenvalue weighted by atomic mass is 35.5. The van der Waals surface area contributed by atoms with Crippen LogP contribution in [0.15, 0.2) is 48.7 Å². The molecule has 158 valence electrons. The van der Waals surface area contributed by atoms with Gasteiger partial charge in [0.1, 0.15) is 4.83 Å². The van der Waals surface area contributed by atoms with Crippen LogP contribution >= 0.6 is 22.9 Å². The van der Waals surface area contributed by atoms with Gasteiger partial charge in [-0.05, 0) is 43.3 Å². The minimum atomic E-state index is -0.494. The van der Waals surface area contributed by atoms with Gasteiger partial charge in [0.2, 0.25) is 5.95 Å². The van der Waals surface area contributed by atoms with Gasteiger partial charge in [0.25, 0.3) is 5.91 Å². The quantitative estimate of drug-likeness (QED) is 0.425. The van der Waals surface area contributed by atoms with Crippen LogP contribution in [0.5, 0.6) is 0 Å². The van der Waals surface area contributed by atoms with Crippen LogP contribution < -0.4 is 4.90 Å². The van der Waals surface area contributed by atoms with Crippen molar-refractivity contribution in [2.45, 2.75) is 6.92 Å². The highest BCUT2D eigenvalue weighted by molar-refractivity contribution is 7.20. The zero-order valence-corrected chi connectivity index (χ0v) is 18.3. The van der Waals surface area contributed by atoms with Gasteiger partial charge in [0.05, 0.1) is 16.3 Å². The van der Waals surface area contributed by atoms with Crippen LogP contribution in [0.25, 0.3) is 15.9 Å². The first kappa shape index (κ1) is 20.0. The molecule has 1 saturated heterocycles. The monoisotopic (exact) mass is 455 g/mol. The number of hydrogen-bond donors (Lipinski definition) is 0. The first-order valence-electron chi connectivity index (χ1n) is 9.90. The van der Waals surface area contributed by atoms with Gasteiger partial charge in [-0.3, -0.25) is 4.79 Å². The standard InChI is InChI=1S/C22H19ClFN5OS/c1-14-18-13-19(31-22(18)29(26-14)16-4-2-15(23)3-5-16)21(30)28-10-8-27(9-11-28)17-6-7-25-20(24)12-17/h2-7,12-13H,8-11H2,1H3. The second kappa shape index (κ2) is 7.94. The predicted molar refractivity (Wildman–Crippen MR) is 121 cm³/mol. The summed E-state index contributed by atoms with van der Waals surface area (Å²) in [6.45, 7) is 4.41. The molecule has 1 amide bonds. The van der Waals surface area contributed by atoms with Gasteiger partial charge in [-0.25, -0.2) is 9.67 Å². The van der Waals surface area contributed by atoms with E-state index in [0.29, 0.717) is 36.1 Å². The van der Waals surface area contributed by atoms with E-state index < -0.39 is 5.95 Å². The number of benzene rings is 1. The molecule has 31 heavy (non-hydrogen) atoms. The molecule has 0 unspecified atom stereocenters. The summed E-state index contributed by atoms with van der Waals surface area (Å²) in [4.78, 5) is 22.3. The molecule has 3 aromatic heterocycles.